The Hall–Kier alpha value is -2.37. The van der Waals surface area contributed by atoms with E-state index < -0.39 is 11.8 Å². The minimum Gasteiger partial charge on any atom is -0.497 e. The van der Waals surface area contributed by atoms with Crippen molar-refractivity contribution >= 4 is 18.0 Å². The topological polar surface area (TPSA) is 79.8 Å². The second kappa shape index (κ2) is 7.05. The first-order valence-corrected chi connectivity index (χ1v) is 5.42. The minimum absolute atomic E-state index is 0.395. The summed E-state index contributed by atoms with van der Waals surface area (Å²) in [7, 11) is 1.56. The molecule has 0 fully saturated rings. The van der Waals surface area contributed by atoms with Gasteiger partial charge in [0.2, 0.25) is 0 Å². The van der Waals surface area contributed by atoms with Gasteiger partial charge in [-0.15, -0.1) is 0 Å². The number of ether oxygens (including phenoxy) is 1. The molecule has 18 heavy (non-hydrogen) atoms. The molecule has 0 spiro atoms. The number of benzene rings is 1. The van der Waals surface area contributed by atoms with Crippen molar-refractivity contribution in [2.75, 3.05) is 13.7 Å². The molecule has 0 aromatic heterocycles. The third-order valence-electron chi connectivity index (χ3n) is 2.02. The molecule has 0 heterocycles. The van der Waals surface area contributed by atoms with Gasteiger partial charge in [0.15, 0.2) is 0 Å². The Kier molecular flexibility index (Phi) is 5.37. The highest BCUT2D eigenvalue weighted by atomic mass is 16.5. The van der Waals surface area contributed by atoms with Gasteiger partial charge in [0.1, 0.15) is 5.75 Å². The lowest BCUT2D eigenvalue weighted by Crippen LogP contribution is -2.37. The average molecular weight is 249 g/mol. The number of hydrazone groups is 1. The summed E-state index contributed by atoms with van der Waals surface area (Å²) in [6.45, 7) is 2.12. The van der Waals surface area contributed by atoms with Crippen LogP contribution in [0.5, 0.6) is 5.75 Å². The van der Waals surface area contributed by atoms with E-state index >= 15 is 0 Å². The van der Waals surface area contributed by atoms with Crippen LogP contribution in [0.25, 0.3) is 0 Å². The van der Waals surface area contributed by atoms with Crippen molar-refractivity contribution in [1.29, 1.82) is 0 Å². The summed E-state index contributed by atoms with van der Waals surface area (Å²) < 4.78 is 5.04. The van der Waals surface area contributed by atoms with E-state index in [1.807, 2.05) is 0 Å². The maximum Gasteiger partial charge on any atom is 0.329 e. The molecule has 1 aromatic carbocycles. The first-order chi connectivity index (χ1) is 8.67. The Morgan fingerprint density at radius 1 is 1.39 bits per heavy atom. The second-order valence-corrected chi connectivity index (χ2v) is 3.34. The molecule has 0 aliphatic rings. The SMILES string of the molecule is CCNC(=O)C(=O)N/N=C\c1cccc(OC)c1. The van der Waals surface area contributed by atoms with Gasteiger partial charge in [0, 0.05) is 6.54 Å². The van der Waals surface area contributed by atoms with Crippen LogP contribution in [0.4, 0.5) is 0 Å². The summed E-state index contributed by atoms with van der Waals surface area (Å²) in [5, 5.41) is 6.05. The van der Waals surface area contributed by atoms with Crippen LogP contribution in [-0.2, 0) is 9.59 Å². The number of hydrogen-bond donors (Lipinski definition) is 2. The van der Waals surface area contributed by atoms with E-state index in [9.17, 15) is 9.59 Å². The van der Waals surface area contributed by atoms with Gasteiger partial charge in [-0.2, -0.15) is 5.10 Å². The lowest BCUT2D eigenvalue weighted by molar-refractivity contribution is -0.139. The van der Waals surface area contributed by atoms with Crippen LogP contribution in [0.2, 0.25) is 0 Å². The van der Waals surface area contributed by atoms with E-state index in [1.165, 1.54) is 6.21 Å². The van der Waals surface area contributed by atoms with E-state index in [2.05, 4.69) is 15.8 Å². The molecule has 1 aromatic rings. The van der Waals surface area contributed by atoms with Gasteiger partial charge < -0.3 is 10.1 Å². The predicted octanol–water partition coefficient (Wildman–Crippen LogP) is 0.281. The van der Waals surface area contributed by atoms with Gasteiger partial charge >= 0.3 is 11.8 Å². The number of carbonyl (C=O) groups is 2. The highest BCUT2D eigenvalue weighted by Crippen LogP contribution is 2.10. The van der Waals surface area contributed by atoms with Crippen LogP contribution >= 0.6 is 0 Å². The summed E-state index contributed by atoms with van der Waals surface area (Å²) in [5.41, 5.74) is 2.89. The Morgan fingerprint density at radius 2 is 2.17 bits per heavy atom. The zero-order chi connectivity index (χ0) is 13.4. The molecule has 0 unspecified atom stereocenters. The number of amides is 2. The fraction of sp³-hybridized carbons (Fsp3) is 0.250. The van der Waals surface area contributed by atoms with Crippen molar-refractivity contribution in [1.82, 2.24) is 10.7 Å². The minimum atomic E-state index is -0.795. The van der Waals surface area contributed by atoms with Gasteiger partial charge in [-0.3, -0.25) is 9.59 Å². The molecule has 1 rings (SSSR count). The van der Waals surface area contributed by atoms with E-state index in [0.29, 0.717) is 12.3 Å². The van der Waals surface area contributed by atoms with Crippen LogP contribution in [0, 0.1) is 0 Å². The zero-order valence-electron chi connectivity index (χ0n) is 10.3. The van der Waals surface area contributed by atoms with E-state index in [4.69, 9.17) is 4.74 Å². The molecule has 0 atom stereocenters. The van der Waals surface area contributed by atoms with Crippen LogP contribution < -0.4 is 15.5 Å². The Balaban J connectivity index is 2.54. The van der Waals surface area contributed by atoms with Gasteiger partial charge in [-0.05, 0) is 24.6 Å². The first-order valence-electron chi connectivity index (χ1n) is 5.42. The van der Waals surface area contributed by atoms with Crippen LogP contribution in [-0.4, -0.2) is 31.7 Å². The Labute approximate surface area is 105 Å². The number of nitrogens with one attached hydrogen (secondary N) is 2. The molecule has 6 nitrogen and oxygen atoms in total. The summed E-state index contributed by atoms with van der Waals surface area (Å²) in [6, 6.07) is 7.14. The number of hydrogen-bond acceptors (Lipinski definition) is 4. The van der Waals surface area contributed by atoms with Crippen LogP contribution in [0.3, 0.4) is 0 Å². The number of nitrogens with zero attached hydrogens (tertiary/aromatic N) is 1. The second-order valence-electron chi connectivity index (χ2n) is 3.34. The fourth-order valence-corrected chi connectivity index (χ4v) is 1.18. The molecular weight excluding hydrogens is 234 g/mol. The molecule has 0 bridgehead atoms. The molecule has 96 valence electrons. The standard InChI is InChI=1S/C12H15N3O3/c1-3-13-11(16)12(17)15-14-8-9-5-4-6-10(7-9)18-2/h4-8H,3H2,1-2H3,(H,13,16)(H,15,17)/b14-8-. The first kappa shape index (κ1) is 13.7. The van der Waals surface area contributed by atoms with Gasteiger partial charge in [0.05, 0.1) is 13.3 Å². The van der Waals surface area contributed by atoms with Crippen molar-refractivity contribution in [3.8, 4) is 5.75 Å². The molecule has 0 aliphatic carbocycles. The van der Waals surface area contributed by atoms with E-state index in [1.54, 1.807) is 38.3 Å². The molecular formula is C12H15N3O3. The number of methoxy groups -OCH3 is 1. The molecule has 2 amide bonds. The maximum atomic E-state index is 11.2. The third kappa shape index (κ3) is 4.25. The van der Waals surface area contributed by atoms with Gasteiger partial charge in [0.25, 0.3) is 0 Å². The fourth-order valence-electron chi connectivity index (χ4n) is 1.18. The third-order valence-corrected chi connectivity index (χ3v) is 2.02. The summed E-state index contributed by atoms with van der Waals surface area (Å²) >= 11 is 0. The van der Waals surface area contributed by atoms with Crippen molar-refractivity contribution < 1.29 is 14.3 Å². The van der Waals surface area contributed by atoms with Crippen molar-refractivity contribution in [2.24, 2.45) is 5.10 Å². The molecule has 0 aliphatic heterocycles. The normalized spacial score (nSPS) is 10.1. The molecule has 0 saturated carbocycles. The quantitative estimate of drug-likeness (QED) is 0.457. The summed E-state index contributed by atoms with van der Waals surface area (Å²) in [5.74, 6) is -0.815. The van der Waals surface area contributed by atoms with Crippen molar-refractivity contribution in [2.45, 2.75) is 6.92 Å². The highest BCUT2D eigenvalue weighted by Gasteiger charge is 2.09. The van der Waals surface area contributed by atoms with E-state index in [-0.39, 0.29) is 0 Å². The maximum absolute atomic E-state index is 11.2. The smallest absolute Gasteiger partial charge is 0.329 e. The zero-order valence-corrected chi connectivity index (χ0v) is 10.3. The van der Waals surface area contributed by atoms with Crippen molar-refractivity contribution in [3.05, 3.63) is 29.8 Å². The Bertz CT molecular complexity index is 458. The largest absolute Gasteiger partial charge is 0.497 e. The highest BCUT2D eigenvalue weighted by molar-refractivity contribution is 6.35. The number of likely N-dealkylation sites (N-methyl/N-ethyl adjacent to an activating group) is 1. The summed E-state index contributed by atoms with van der Waals surface area (Å²) in [6.07, 6.45) is 1.43. The van der Waals surface area contributed by atoms with Gasteiger partial charge in [-0.1, -0.05) is 12.1 Å². The molecule has 0 radical (unpaired) electrons. The van der Waals surface area contributed by atoms with Gasteiger partial charge in [-0.25, -0.2) is 5.43 Å². The molecule has 6 heteroatoms. The van der Waals surface area contributed by atoms with Crippen LogP contribution in [0.1, 0.15) is 12.5 Å². The molecule has 0 saturated heterocycles. The number of carbonyl (C=O) groups excluding carboxylic acids is 2. The average Bonchev–Trinajstić information content (AvgIpc) is 2.39. The Morgan fingerprint density at radius 3 is 2.83 bits per heavy atom. The summed E-state index contributed by atoms with van der Waals surface area (Å²) in [4.78, 5) is 22.3. The molecule has 2 N–H and O–H groups in total. The van der Waals surface area contributed by atoms with Crippen molar-refractivity contribution in [3.63, 3.8) is 0 Å². The monoisotopic (exact) mass is 249 g/mol. The van der Waals surface area contributed by atoms with E-state index in [0.717, 1.165) is 5.56 Å². The lowest BCUT2D eigenvalue weighted by Gasteiger charge is -2.01. The predicted molar refractivity (Wildman–Crippen MR) is 67.4 cm³/mol. The number of rotatable bonds is 4. The lowest BCUT2D eigenvalue weighted by atomic mass is 10.2. The van der Waals surface area contributed by atoms with Crippen LogP contribution in [0.15, 0.2) is 29.4 Å².